The number of aliphatic hydroxyl groups excluding tert-OH is 2. The molecular weight excluding hydrogens is 450 g/mol. The molecule has 0 bridgehead atoms. The lowest BCUT2D eigenvalue weighted by molar-refractivity contribution is -0.932. The molecule has 3 atom stereocenters. The predicted molar refractivity (Wildman–Crippen MR) is 146 cm³/mol. The summed E-state index contributed by atoms with van der Waals surface area (Å²) in [4.78, 5) is 0. The maximum atomic E-state index is 14.6. The molecule has 2 aromatic rings. The van der Waals surface area contributed by atoms with Gasteiger partial charge in [-0.05, 0) is 6.42 Å². The zero-order chi connectivity index (χ0) is 25.7. The first kappa shape index (κ1) is 28.8. The van der Waals surface area contributed by atoms with Gasteiger partial charge in [-0.1, -0.05) is 125 Å². The van der Waals surface area contributed by atoms with Crippen molar-refractivity contribution < 1.29 is 19.6 Å². The van der Waals surface area contributed by atoms with Crippen molar-refractivity contribution in [2.24, 2.45) is 0 Å². The van der Waals surface area contributed by atoms with Crippen LogP contribution in [0.25, 0.3) is 0 Å². The number of hydrogen-bond donors (Lipinski definition) is 2. The average molecular weight is 498 g/mol. The standard InChI is InChI=1S/C31H47NO4/c1-2-3-4-5-6-7-8-9-16-22-31(26-34)30(36-31)29(21-23-33)32(35,24-27-17-12-10-13-18-27)25-28-19-14-11-15-20-28/h10-15,17-20,29-30,33-34H,2-9,16,21-26H2,1H3. The monoisotopic (exact) mass is 497 g/mol. The molecule has 1 fully saturated rings. The molecular formula is C31H47NO4. The molecule has 1 saturated heterocycles. The van der Waals surface area contributed by atoms with Crippen LogP contribution in [-0.4, -0.2) is 45.8 Å². The summed E-state index contributed by atoms with van der Waals surface area (Å²) in [5, 5.41) is 34.9. The van der Waals surface area contributed by atoms with Crippen molar-refractivity contribution in [2.75, 3.05) is 13.2 Å². The Hall–Kier alpha value is -1.76. The molecule has 3 rings (SSSR count). The number of hydrogen-bond acceptors (Lipinski definition) is 4. The summed E-state index contributed by atoms with van der Waals surface area (Å²) >= 11 is 0. The van der Waals surface area contributed by atoms with Gasteiger partial charge in [0.2, 0.25) is 0 Å². The highest BCUT2D eigenvalue weighted by molar-refractivity contribution is 5.16. The summed E-state index contributed by atoms with van der Waals surface area (Å²) in [5.74, 6) is 0. The molecule has 2 aromatic carbocycles. The van der Waals surface area contributed by atoms with Crippen LogP contribution in [0.3, 0.4) is 0 Å². The normalized spacial score (nSPS) is 20.4. The Bertz CT molecular complexity index is 805. The van der Waals surface area contributed by atoms with Crippen molar-refractivity contribution in [3.05, 3.63) is 77.0 Å². The number of rotatable bonds is 19. The minimum Gasteiger partial charge on any atom is -0.632 e. The van der Waals surface area contributed by atoms with Gasteiger partial charge < -0.3 is 24.8 Å². The molecule has 0 spiro atoms. The predicted octanol–water partition coefficient (Wildman–Crippen LogP) is 6.50. The summed E-state index contributed by atoms with van der Waals surface area (Å²) in [6, 6.07) is 19.2. The van der Waals surface area contributed by atoms with Crippen LogP contribution in [0, 0.1) is 5.21 Å². The van der Waals surface area contributed by atoms with Crippen LogP contribution in [0.2, 0.25) is 0 Å². The second-order valence-corrected chi connectivity index (χ2v) is 10.7. The lowest BCUT2D eigenvalue weighted by atomic mass is 9.91. The molecule has 3 unspecified atom stereocenters. The lowest BCUT2D eigenvalue weighted by Gasteiger charge is -2.49. The van der Waals surface area contributed by atoms with Crippen molar-refractivity contribution in [3.8, 4) is 0 Å². The van der Waals surface area contributed by atoms with Gasteiger partial charge in [-0.15, -0.1) is 0 Å². The summed E-state index contributed by atoms with van der Waals surface area (Å²) in [6.07, 6.45) is 12.0. The third-order valence-corrected chi connectivity index (χ3v) is 7.76. The molecule has 0 aromatic heterocycles. The maximum Gasteiger partial charge on any atom is 0.142 e. The van der Waals surface area contributed by atoms with Gasteiger partial charge in [0.05, 0.1) is 6.61 Å². The summed E-state index contributed by atoms with van der Waals surface area (Å²) in [5.41, 5.74) is 1.29. The molecule has 0 amide bonds. The molecule has 0 aliphatic carbocycles. The molecule has 5 heteroatoms. The molecule has 0 radical (unpaired) electrons. The first-order chi connectivity index (χ1) is 17.6. The van der Waals surface area contributed by atoms with E-state index in [1.165, 1.54) is 44.9 Å². The fourth-order valence-corrected chi connectivity index (χ4v) is 5.63. The third kappa shape index (κ3) is 8.39. The number of unbranched alkanes of at least 4 members (excludes halogenated alkanes) is 8. The van der Waals surface area contributed by atoms with E-state index in [1.54, 1.807) is 0 Å². The highest BCUT2D eigenvalue weighted by Gasteiger charge is 2.62. The fraction of sp³-hybridized carbons (Fsp3) is 0.613. The van der Waals surface area contributed by atoms with E-state index >= 15 is 0 Å². The van der Waals surface area contributed by atoms with Crippen LogP contribution in [-0.2, 0) is 17.8 Å². The summed E-state index contributed by atoms with van der Waals surface area (Å²) < 4.78 is 5.68. The van der Waals surface area contributed by atoms with Crippen molar-refractivity contribution in [1.29, 1.82) is 0 Å². The Balaban J connectivity index is 1.64. The largest absolute Gasteiger partial charge is 0.632 e. The second kappa shape index (κ2) is 14.8. The van der Waals surface area contributed by atoms with E-state index < -0.39 is 16.3 Å². The van der Waals surface area contributed by atoms with Crippen LogP contribution in [0.5, 0.6) is 0 Å². The first-order valence-corrected chi connectivity index (χ1v) is 14.1. The van der Waals surface area contributed by atoms with E-state index in [-0.39, 0.29) is 19.3 Å². The molecule has 1 heterocycles. The molecule has 2 N–H and O–H groups in total. The Labute approximate surface area is 218 Å². The van der Waals surface area contributed by atoms with Gasteiger partial charge in [-0.2, -0.15) is 0 Å². The summed E-state index contributed by atoms with van der Waals surface area (Å²) in [7, 11) is 0. The van der Waals surface area contributed by atoms with Crippen LogP contribution in [0.1, 0.15) is 88.7 Å². The van der Waals surface area contributed by atoms with E-state index in [4.69, 9.17) is 4.74 Å². The van der Waals surface area contributed by atoms with E-state index in [0.717, 1.165) is 30.4 Å². The quantitative estimate of drug-likeness (QED) is 0.100. The zero-order valence-corrected chi connectivity index (χ0v) is 22.2. The molecule has 1 aliphatic heterocycles. The first-order valence-electron chi connectivity index (χ1n) is 14.1. The topological polar surface area (TPSA) is 76.0 Å². The number of quaternary nitrogens is 1. The van der Waals surface area contributed by atoms with E-state index in [1.807, 2.05) is 60.7 Å². The van der Waals surface area contributed by atoms with Crippen molar-refractivity contribution in [3.63, 3.8) is 0 Å². The third-order valence-electron chi connectivity index (χ3n) is 7.76. The highest BCUT2D eigenvalue weighted by Crippen LogP contribution is 2.47. The minimum atomic E-state index is -0.651. The van der Waals surface area contributed by atoms with Crippen molar-refractivity contribution in [2.45, 2.75) is 108 Å². The molecule has 0 saturated carbocycles. The van der Waals surface area contributed by atoms with Crippen molar-refractivity contribution >= 4 is 0 Å². The SMILES string of the molecule is CCCCCCCCCCCC1(CO)OC1C(CCO)[N+]([O-])(Cc1ccccc1)Cc1ccccc1. The summed E-state index contributed by atoms with van der Waals surface area (Å²) in [6.45, 7) is 2.71. The molecule has 36 heavy (non-hydrogen) atoms. The second-order valence-electron chi connectivity index (χ2n) is 10.7. The molecule has 1 aliphatic rings. The smallest absolute Gasteiger partial charge is 0.142 e. The number of hydroxylamine groups is 3. The average Bonchev–Trinajstić information content (AvgIpc) is 3.61. The number of nitrogens with zero attached hydrogens (tertiary/aromatic N) is 1. The van der Waals surface area contributed by atoms with E-state index in [9.17, 15) is 15.4 Å². The number of ether oxygens (including phenoxy) is 1. The van der Waals surface area contributed by atoms with Crippen LogP contribution < -0.4 is 0 Å². The Morgan fingerprint density at radius 2 is 1.31 bits per heavy atom. The van der Waals surface area contributed by atoms with Gasteiger partial charge in [-0.25, -0.2) is 0 Å². The van der Waals surface area contributed by atoms with Gasteiger partial charge in [0.25, 0.3) is 0 Å². The van der Waals surface area contributed by atoms with Gasteiger partial charge in [0.1, 0.15) is 30.8 Å². The Morgan fingerprint density at radius 3 is 1.78 bits per heavy atom. The lowest BCUT2D eigenvalue weighted by Crippen LogP contribution is -2.54. The molecule has 200 valence electrons. The van der Waals surface area contributed by atoms with Gasteiger partial charge in [0.15, 0.2) is 0 Å². The number of aliphatic hydroxyl groups is 2. The number of epoxide rings is 1. The fourth-order valence-electron chi connectivity index (χ4n) is 5.63. The van der Waals surface area contributed by atoms with Crippen LogP contribution in [0.15, 0.2) is 60.7 Å². The van der Waals surface area contributed by atoms with Gasteiger partial charge in [-0.3, -0.25) is 0 Å². The van der Waals surface area contributed by atoms with Crippen LogP contribution >= 0.6 is 0 Å². The zero-order valence-electron chi connectivity index (χ0n) is 22.2. The van der Waals surface area contributed by atoms with E-state index in [2.05, 4.69) is 6.92 Å². The Kier molecular flexibility index (Phi) is 11.9. The minimum absolute atomic E-state index is 0.0735. The van der Waals surface area contributed by atoms with Crippen LogP contribution in [0.4, 0.5) is 0 Å². The molecule has 5 nitrogen and oxygen atoms in total. The van der Waals surface area contributed by atoms with Gasteiger partial charge >= 0.3 is 0 Å². The highest BCUT2D eigenvalue weighted by atomic mass is 16.6. The maximum absolute atomic E-state index is 14.6. The van der Waals surface area contributed by atoms with Crippen molar-refractivity contribution in [1.82, 2.24) is 0 Å². The Morgan fingerprint density at radius 1 is 0.806 bits per heavy atom. The van der Waals surface area contributed by atoms with Gasteiger partial charge in [0, 0.05) is 24.2 Å². The van der Waals surface area contributed by atoms with E-state index in [0.29, 0.717) is 19.5 Å². The number of benzene rings is 2.